The van der Waals surface area contributed by atoms with Crippen LogP contribution in [0.4, 0.5) is 0 Å². The summed E-state index contributed by atoms with van der Waals surface area (Å²) in [4.78, 5) is 0. The summed E-state index contributed by atoms with van der Waals surface area (Å²) in [6.07, 6.45) is 4.37. The van der Waals surface area contributed by atoms with Gasteiger partial charge in [0.2, 0.25) is 0 Å². The van der Waals surface area contributed by atoms with Crippen LogP contribution in [0.3, 0.4) is 0 Å². The van der Waals surface area contributed by atoms with Gasteiger partial charge in [0.25, 0.3) is 0 Å². The van der Waals surface area contributed by atoms with Crippen LogP contribution in [-0.4, -0.2) is 25.3 Å². The summed E-state index contributed by atoms with van der Waals surface area (Å²) in [6, 6.07) is 0.507. The highest BCUT2D eigenvalue weighted by atomic mass is 16.5. The van der Waals surface area contributed by atoms with Gasteiger partial charge in [-0.25, -0.2) is 0 Å². The number of rotatable bonds is 6. The maximum atomic E-state index is 6.14. The average Bonchev–Trinajstić information content (AvgIpc) is 2.22. The van der Waals surface area contributed by atoms with Gasteiger partial charge in [0.05, 0.1) is 12.7 Å². The van der Waals surface area contributed by atoms with Crippen molar-refractivity contribution in [1.82, 2.24) is 5.32 Å². The molecule has 17 heavy (non-hydrogen) atoms. The van der Waals surface area contributed by atoms with E-state index in [4.69, 9.17) is 4.74 Å². The van der Waals surface area contributed by atoms with Gasteiger partial charge in [-0.3, -0.25) is 0 Å². The third-order valence-corrected chi connectivity index (χ3v) is 3.92. The van der Waals surface area contributed by atoms with Crippen molar-refractivity contribution in [3.8, 4) is 0 Å². The summed E-state index contributed by atoms with van der Waals surface area (Å²) >= 11 is 0. The fourth-order valence-corrected chi connectivity index (χ4v) is 3.00. The van der Waals surface area contributed by atoms with Crippen molar-refractivity contribution >= 4 is 0 Å². The summed E-state index contributed by atoms with van der Waals surface area (Å²) in [5.41, 5.74) is 0. The minimum absolute atomic E-state index is 0.494. The molecule has 0 aromatic heterocycles. The molecule has 3 unspecified atom stereocenters. The van der Waals surface area contributed by atoms with Gasteiger partial charge in [0.1, 0.15) is 0 Å². The van der Waals surface area contributed by atoms with E-state index < -0.39 is 0 Å². The zero-order valence-corrected chi connectivity index (χ0v) is 12.3. The van der Waals surface area contributed by atoms with Crippen molar-refractivity contribution in [1.29, 1.82) is 0 Å². The zero-order valence-electron chi connectivity index (χ0n) is 12.3. The third kappa shape index (κ3) is 5.39. The summed E-state index contributed by atoms with van der Waals surface area (Å²) in [7, 11) is 0. The van der Waals surface area contributed by atoms with Crippen molar-refractivity contribution < 1.29 is 4.74 Å². The van der Waals surface area contributed by atoms with E-state index >= 15 is 0 Å². The molecule has 1 fully saturated rings. The molecule has 0 aliphatic heterocycles. The van der Waals surface area contributed by atoms with Gasteiger partial charge in [0.15, 0.2) is 0 Å². The maximum Gasteiger partial charge on any atom is 0.0625 e. The largest absolute Gasteiger partial charge is 0.377 e. The first-order valence-corrected chi connectivity index (χ1v) is 7.37. The molecule has 1 N–H and O–H groups in total. The molecule has 1 rings (SSSR count). The lowest BCUT2D eigenvalue weighted by Gasteiger charge is -2.33. The highest BCUT2D eigenvalue weighted by Crippen LogP contribution is 2.30. The van der Waals surface area contributed by atoms with Crippen LogP contribution in [0.25, 0.3) is 0 Å². The van der Waals surface area contributed by atoms with Gasteiger partial charge in [-0.15, -0.1) is 0 Å². The van der Waals surface area contributed by atoms with Gasteiger partial charge < -0.3 is 10.1 Å². The van der Waals surface area contributed by atoms with Crippen LogP contribution in [0.1, 0.15) is 53.9 Å². The van der Waals surface area contributed by atoms with Crippen molar-refractivity contribution in [3.05, 3.63) is 0 Å². The lowest BCUT2D eigenvalue weighted by Crippen LogP contribution is -2.40. The van der Waals surface area contributed by atoms with Crippen LogP contribution < -0.4 is 5.32 Å². The van der Waals surface area contributed by atoms with Crippen LogP contribution in [0.2, 0.25) is 0 Å². The molecule has 1 aliphatic rings. The molecule has 2 nitrogen and oxygen atoms in total. The van der Waals surface area contributed by atoms with Gasteiger partial charge >= 0.3 is 0 Å². The number of ether oxygens (including phenoxy) is 1. The fourth-order valence-electron chi connectivity index (χ4n) is 3.00. The van der Waals surface area contributed by atoms with Crippen LogP contribution in [0.15, 0.2) is 0 Å². The highest BCUT2D eigenvalue weighted by Gasteiger charge is 2.25. The lowest BCUT2D eigenvalue weighted by molar-refractivity contribution is -0.0138. The number of hydrogen-bond acceptors (Lipinski definition) is 2. The van der Waals surface area contributed by atoms with Crippen molar-refractivity contribution in [2.45, 2.75) is 66.0 Å². The molecule has 102 valence electrons. The number of nitrogens with one attached hydrogen (secondary N) is 1. The Morgan fingerprint density at radius 1 is 1.12 bits per heavy atom. The van der Waals surface area contributed by atoms with Crippen molar-refractivity contribution in [2.75, 3.05) is 13.2 Å². The summed E-state index contributed by atoms with van der Waals surface area (Å²) < 4.78 is 6.14. The second-order valence-corrected chi connectivity index (χ2v) is 6.28. The number of likely N-dealkylation sites (N-methyl/N-ethyl adjacent to an activating group) is 1. The number of hydrogen-bond donors (Lipinski definition) is 1. The van der Waals surface area contributed by atoms with E-state index in [1.165, 1.54) is 19.3 Å². The molecule has 0 aromatic rings. The predicted octanol–water partition coefficient (Wildman–Crippen LogP) is 3.46. The second kappa shape index (κ2) is 7.38. The van der Waals surface area contributed by atoms with Crippen LogP contribution in [0, 0.1) is 17.8 Å². The Labute approximate surface area is 108 Å². The van der Waals surface area contributed by atoms with Gasteiger partial charge in [-0.2, -0.15) is 0 Å². The smallest absolute Gasteiger partial charge is 0.0625 e. The first-order chi connectivity index (χ1) is 8.02. The van der Waals surface area contributed by atoms with E-state index in [9.17, 15) is 0 Å². The summed E-state index contributed by atoms with van der Waals surface area (Å²) in [6.45, 7) is 13.3. The Balaban J connectivity index is 2.32. The first kappa shape index (κ1) is 15.0. The quantitative estimate of drug-likeness (QED) is 0.769. The molecule has 0 bridgehead atoms. The van der Waals surface area contributed by atoms with E-state index in [0.29, 0.717) is 18.1 Å². The summed E-state index contributed by atoms with van der Waals surface area (Å²) in [5.74, 6) is 2.31. The molecule has 0 spiro atoms. The van der Waals surface area contributed by atoms with Crippen LogP contribution in [-0.2, 0) is 4.74 Å². The van der Waals surface area contributed by atoms with Crippen LogP contribution >= 0.6 is 0 Å². The van der Waals surface area contributed by atoms with E-state index in [-0.39, 0.29) is 0 Å². The van der Waals surface area contributed by atoms with E-state index in [0.717, 1.165) is 25.0 Å². The third-order valence-electron chi connectivity index (χ3n) is 3.92. The normalized spacial score (nSPS) is 31.8. The van der Waals surface area contributed by atoms with Gasteiger partial charge in [0, 0.05) is 6.04 Å². The monoisotopic (exact) mass is 241 g/mol. The van der Waals surface area contributed by atoms with E-state index in [1.807, 2.05) is 0 Å². The molecule has 1 aliphatic carbocycles. The van der Waals surface area contributed by atoms with Crippen molar-refractivity contribution in [3.63, 3.8) is 0 Å². The minimum atomic E-state index is 0.494. The first-order valence-electron chi connectivity index (χ1n) is 7.37. The van der Waals surface area contributed by atoms with Gasteiger partial charge in [-0.05, 0) is 43.6 Å². The highest BCUT2D eigenvalue weighted by molar-refractivity contribution is 4.77. The topological polar surface area (TPSA) is 21.3 Å². The molecule has 1 saturated carbocycles. The SMILES string of the molecule is CCNC(COC1CC(C)CC(C)C1)C(C)C. The zero-order chi connectivity index (χ0) is 12.8. The van der Waals surface area contributed by atoms with Crippen molar-refractivity contribution in [2.24, 2.45) is 17.8 Å². The molecule has 3 atom stereocenters. The average molecular weight is 241 g/mol. The standard InChI is InChI=1S/C15H31NO/c1-6-16-15(11(2)3)10-17-14-8-12(4)7-13(5)9-14/h11-16H,6-10H2,1-5H3. The predicted molar refractivity (Wildman–Crippen MR) is 74.2 cm³/mol. The molecule has 0 saturated heterocycles. The Hall–Kier alpha value is -0.0800. The summed E-state index contributed by atoms with van der Waals surface area (Å²) in [5, 5.41) is 3.52. The Kier molecular flexibility index (Phi) is 6.50. The molecule has 0 amide bonds. The minimum Gasteiger partial charge on any atom is -0.377 e. The Bertz CT molecular complexity index is 195. The molecular formula is C15H31NO. The molecule has 2 heteroatoms. The fraction of sp³-hybridized carbons (Fsp3) is 1.00. The van der Waals surface area contributed by atoms with E-state index in [2.05, 4.69) is 39.9 Å². The Morgan fingerprint density at radius 2 is 1.71 bits per heavy atom. The molecule has 0 radical (unpaired) electrons. The lowest BCUT2D eigenvalue weighted by atomic mass is 9.82. The van der Waals surface area contributed by atoms with Gasteiger partial charge in [-0.1, -0.05) is 34.6 Å². The molecule has 0 aromatic carbocycles. The second-order valence-electron chi connectivity index (χ2n) is 6.28. The van der Waals surface area contributed by atoms with Crippen LogP contribution in [0.5, 0.6) is 0 Å². The molecular weight excluding hydrogens is 210 g/mol. The van der Waals surface area contributed by atoms with E-state index in [1.54, 1.807) is 0 Å². The Morgan fingerprint density at radius 3 is 2.18 bits per heavy atom. The maximum absolute atomic E-state index is 6.14. The molecule has 0 heterocycles.